The molecule has 0 aliphatic heterocycles. The summed E-state index contributed by atoms with van der Waals surface area (Å²) in [7, 11) is 1.44. The molecule has 35 heavy (non-hydrogen) atoms. The van der Waals surface area contributed by atoms with E-state index in [1.165, 1.54) is 43.5 Å². The van der Waals surface area contributed by atoms with Crippen LogP contribution in [-0.2, 0) is 11.0 Å². The largest absolute Gasteiger partial charge is 0.497 e. The van der Waals surface area contributed by atoms with Gasteiger partial charge in [-0.05, 0) is 49.2 Å². The lowest BCUT2D eigenvalue weighted by molar-refractivity contribution is -0.154. The molecule has 0 spiro atoms. The number of carbonyl (C=O) groups excluding carboxylic acids is 1. The Kier molecular flexibility index (Phi) is 7.18. The van der Waals surface area contributed by atoms with E-state index in [0.29, 0.717) is 5.75 Å². The van der Waals surface area contributed by atoms with E-state index in [1.807, 2.05) is 0 Å². The maximum absolute atomic E-state index is 13.7. The van der Waals surface area contributed by atoms with Crippen molar-refractivity contribution < 1.29 is 36.6 Å². The smallest absolute Gasteiger partial charge is 0.453 e. The lowest BCUT2D eigenvalue weighted by Gasteiger charge is -2.22. The van der Waals surface area contributed by atoms with E-state index >= 15 is 0 Å². The summed E-state index contributed by atoms with van der Waals surface area (Å²) in [4.78, 5) is 25.1. The molecule has 7 nitrogen and oxygen atoms in total. The molecule has 1 N–H and O–H groups in total. The summed E-state index contributed by atoms with van der Waals surface area (Å²) in [5.41, 5.74) is -1.33. The first-order valence-electron chi connectivity index (χ1n) is 11.2. The minimum atomic E-state index is -4.99. The average molecular weight is 491 g/mol. The Hall–Kier alpha value is -3.69. The molecule has 1 amide bonds. The van der Waals surface area contributed by atoms with Crippen molar-refractivity contribution in [3.05, 3.63) is 58.4 Å². The van der Waals surface area contributed by atoms with Crippen molar-refractivity contribution >= 4 is 16.9 Å². The monoisotopic (exact) mass is 491 g/mol. The van der Waals surface area contributed by atoms with Crippen molar-refractivity contribution in [3.63, 3.8) is 0 Å². The summed E-state index contributed by atoms with van der Waals surface area (Å²) in [6.07, 6.45) is 0.0916. The second-order valence-corrected chi connectivity index (χ2v) is 8.21. The van der Waals surface area contributed by atoms with Crippen LogP contribution in [0.15, 0.2) is 51.7 Å². The van der Waals surface area contributed by atoms with Gasteiger partial charge in [-0.3, -0.25) is 9.59 Å². The third kappa shape index (κ3) is 5.87. The van der Waals surface area contributed by atoms with Crippen LogP contribution in [0.1, 0.15) is 37.9 Å². The number of fused-ring (bicyclic) bond motifs is 1. The molecule has 2 aromatic carbocycles. The van der Waals surface area contributed by atoms with Gasteiger partial charge in [0.2, 0.25) is 11.2 Å². The first kappa shape index (κ1) is 24.4. The number of benzene rings is 2. The van der Waals surface area contributed by atoms with Crippen molar-refractivity contribution in [1.29, 1.82) is 0 Å². The lowest BCUT2D eigenvalue weighted by Crippen LogP contribution is -2.38. The number of hydrogen-bond donors (Lipinski definition) is 1. The van der Waals surface area contributed by atoms with Crippen LogP contribution in [0.25, 0.3) is 11.0 Å². The summed E-state index contributed by atoms with van der Waals surface area (Å²) in [5.74, 6) is -2.30. The van der Waals surface area contributed by atoms with Crippen LogP contribution in [-0.4, -0.2) is 25.7 Å². The molecule has 10 heteroatoms. The van der Waals surface area contributed by atoms with Crippen LogP contribution in [0.4, 0.5) is 13.2 Å². The maximum Gasteiger partial charge on any atom is 0.453 e. The van der Waals surface area contributed by atoms with Crippen molar-refractivity contribution in [3.8, 4) is 23.0 Å². The van der Waals surface area contributed by atoms with Gasteiger partial charge in [0.1, 0.15) is 22.8 Å². The standard InChI is InChI=1S/C25H24F3NO6/c1-32-16-7-9-17(10-8-16)34-23-22(31)19-12-11-18(13-20(19)35-24(23)25(26,27)28)33-14-21(30)29-15-5-3-2-4-6-15/h7-13,15H,2-6,14H2,1H3,(H,29,30). The number of halogens is 3. The van der Waals surface area contributed by atoms with Gasteiger partial charge >= 0.3 is 6.18 Å². The second-order valence-electron chi connectivity index (χ2n) is 8.21. The van der Waals surface area contributed by atoms with E-state index in [1.54, 1.807) is 0 Å². The Labute approximate surface area is 198 Å². The summed E-state index contributed by atoms with van der Waals surface area (Å²) < 4.78 is 62.0. The highest BCUT2D eigenvalue weighted by Crippen LogP contribution is 2.38. The zero-order chi connectivity index (χ0) is 25.0. The molecule has 1 saturated carbocycles. The predicted molar refractivity (Wildman–Crippen MR) is 121 cm³/mol. The normalized spacial score (nSPS) is 14.5. The van der Waals surface area contributed by atoms with Crippen molar-refractivity contribution in [2.24, 2.45) is 0 Å². The van der Waals surface area contributed by atoms with Gasteiger partial charge in [0, 0.05) is 12.1 Å². The molecule has 0 unspecified atom stereocenters. The first-order valence-corrected chi connectivity index (χ1v) is 11.2. The highest BCUT2D eigenvalue weighted by molar-refractivity contribution is 5.80. The number of ether oxygens (including phenoxy) is 3. The molecule has 1 aromatic heterocycles. The van der Waals surface area contributed by atoms with Gasteiger partial charge in [0.05, 0.1) is 12.5 Å². The molecule has 1 fully saturated rings. The van der Waals surface area contributed by atoms with Crippen LogP contribution >= 0.6 is 0 Å². The van der Waals surface area contributed by atoms with E-state index in [4.69, 9.17) is 18.6 Å². The third-order valence-electron chi connectivity index (χ3n) is 5.70. The fourth-order valence-corrected chi connectivity index (χ4v) is 3.95. The van der Waals surface area contributed by atoms with Gasteiger partial charge in [0.25, 0.3) is 11.7 Å². The van der Waals surface area contributed by atoms with Crippen molar-refractivity contribution in [2.45, 2.75) is 44.3 Å². The topological polar surface area (TPSA) is 87.0 Å². The SMILES string of the molecule is COc1ccc(Oc2c(C(F)(F)F)oc3cc(OCC(=O)NC4CCCCC4)ccc3c2=O)cc1. The van der Waals surface area contributed by atoms with E-state index in [9.17, 15) is 22.8 Å². The van der Waals surface area contributed by atoms with Crippen LogP contribution in [0.5, 0.6) is 23.0 Å². The van der Waals surface area contributed by atoms with Crippen LogP contribution in [0.2, 0.25) is 0 Å². The number of rotatable bonds is 7. The molecule has 186 valence electrons. The van der Waals surface area contributed by atoms with Crippen LogP contribution < -0.4 is 25.0 Å². The lowest BCUT2D eigenvalue weighted by atomic mass is 9.95. The quantitative estimate of drug-likeness (QED) is 0.474. The number of carbonyl (C=O) groups is 1. The van der Waals surface area contributed by atoms with E-state index in [0.717, 1.165) is 38.2 Å². The van der Waals surface area contributed by atoms with Gasteiger partial charge in [-0.25, -0.2) is 0 Å². The molecule has 0 saturated heterocycles. The molecular weight excluding hydrogens is 467 g/mol. The molecule has 1 aliphatic carbocycles. The number of alkyl halides is 3. The number of methoxy groups -OCH3 is 1. The maximum atomic E-state index is 13.7. The first-order chi connectivity index (χ1) is 16.7. The summed E-state index contributed by atoms with van der Waals surface area (Å²) in [6.45, 7) is -0.309. The molecule has 1 heterocycles. The Morgan fingerprint density at radius 1 is 1.03 bits per heavy atom. The summed E-state index contributed by atoms with van der Waals surface area (Å²) in [6, 6.07) is 9.63. The number of hydrogen-bond acceptors (Lipinski definition) is 6. The average Bonchev–Trinajstić information content (AvgIpc) is 2.84. The Balaban J connectivity index is 1.57. The molecule has 3 aromatic rings. The van der Waals surface area contributed by atoms with Crippen LogP contribution in [0, 0.1) is 0 Å². The molecule has 0 atom stereocenters. The van der Waals surface area contributed by atoms with Crippen molar-refractivity contribution in [1.82, 2.24) is 5.32 Å². The highest BCUT2D eigenvalue weighted by Gasteiger charge is 2.40. The minimum Gasteiger partial charge on any atom is -0.497 e. The predicted octanol–water partition coefficient (Wildman–Crippen LogP) is 5.44. The molecular formula is C25H24F3NO6. The van der Waals surface area contributed by atoms with Crippen LogP contribution in [0.3, 0.4) is 0 Å². The molecule has 0 radical (unpaired) electrons. The fourth-order valence-electron chi connectivity index (χ4n) is 3.95. The molecule has 1 aliphatic rings. The Morgan fingerprint density at radius 2 is 1.69 bits per heavy atom. The van der Waals surface area contributed by atoms with Gasteiger partial charge in [-0.1, -0.05) is 19.3 Å². The highest BCUT2D eigenvalue weighted by atomic mass is 19.4. The summed E-state index contributed by atoms with van der Waals surface area (Å²) >= 11 is 0. The second kappa shape index (κ2) is 10.3. The van der Waals surface area contributed by atoms with E-state index < -0.39 is 23.1 Å². The Bertz CT molecular complexity index is 1250. The van der Waals surface area contributed by atoms with Gasteiger partial charge in [0.15, 0.2) is 6.61 Å². The number of amides is 1. The zero-order valence-corrected chi connectivity index (χ0v) is 18.9. The van der Waals surface area contributed by atoms with E-state index in [-0.39, 0.29) is 41.0 Å². The summed E-state index contributed by atoms with van der Waals surface area (Å²) in [5, 5.41) is 2.77. The fraction of sp³-hybridized carbons (Fsp3) is 0.360. The van der Waals surface area contributed by atoms with Gasteiger partial charge in [-0.15, -0.1) is 0 Å². The molecule has 0 bridgehead atoms. The van der Waals surface area contributed by atoms with E-state index in [2.05, 4.69) is 5.32 Å². The molecule has 4 rings (SSSR count). The number of nitrogens with one attached hydrogen (secondary N) is 1. The minimum absolute atomic E-state index is 0.00637. The third-order valence-corrected chi connectivity index (χ3v) is 5.70. The van der Waals surface area contributed by atoms with Gasteiger partial charge in [-0.2, -0.15) is 13.2 Å². The van der Waals surface area contributed by atoms with Crippen molar-refractivity contribution in [2.75, 3.05) is 13.7 Å². The zero-order valence-electron chi connectivity index (χ0n) is 18.9. The Morgan fingerprint density at radius 3 is 2.34 bits per heavy atom. The van der Waals surface area contributed by atoms with Gasteiger partial charge < -0.3 is 23.9 Å².